The highest BCUT2D eigenvalue weighted by molar-refractivity contribution is 5.35. The molecule has 0 spiro atoms. The number of aliphatic hydroxyl groups is 1. The lowest BCUT2D eigenvalue weighted by molar-refractivity contribution is 0.201. The first-order valence-corrected chi connectivity index (χ1v) is 6.80. The van der Waals surface area contributed by atoms with E-state index in [4.69, 9.17) is 0 Å². The van der Waals surface area contributed by atoms with E-state index in [0.717, 1.165) is 6.54 Å². The third-order valence-electron chi connectivity index (χ3n) is 3.35. The maximum atomic E-state index is 11.7. The molecular weight excluding hydrogens is 268 g/mol. The van der Waals surface area contributed by atoms with Crippen LogP contribution in [0, 0.1) is 0 Å². The van der Waals surface area contributed by atoms with Crippen molar-refractivity contribution in [3.63, 3.8) is 0 Å². The van der Waals surface area contributed by atoms with Crippen LogP contribution in [-0.2, 0) is 6.54 Å². The van der Waals surface area contributed by atoms with Gasteiger partial charge in [0.2, 0.25) is 5.43 Å². The first kappa shape index (κ1) is 15.3. The number of aromatic hydroxyl groups is 1. The fourth-order valence-corrected chi connectivity index (χ4v) is 2.16. The Balaban J connectivity index is 2.44. The molecule has 1 atom stereocenters. The van der Waals surface area contributed by atoms with Crippen LogP contribution in [-0.4, -0.2) is 40.3 Å². The lowest BCUT2D eigenvalue weighted by Gasteiger charge is -2.20. The molecule has 2 aromatic rings. The van der Waals surface area contributed by atoms with Crippen molar-refractivity contribution in [3.05, 3.63) is 64.1 Å². The van der Waals surface area contributed by atoms with Gasteiger partial charge < -0.3 is 19.7 Å². The van der Waals surface area contributed by atoms with Crippen LogP contribution in [0.15, 0.2) is 47.4 Å². The molecule has 112 valence electrons. The van der Waals surface area contributed by atoms with Crippen molar-refractivity contribution in [2.45, 2.75) is 12.6 Å². The molecule has 0 bridgehead atoms. The number of aliphatic hydroxyl groups excluding tert-OH is 1. The Labute approximate surface area is 123 Å². The Bertz CT molecular complexity index is 650. The highest BCUT2D eigenvalue weighted by atomic mass is 16.3. The smallest absolute Gasteiger partial charge is 0.223 e. The summed E-state index contributed by atoms with van der Waals surface area (Å²) in [5, 5.41) is 20.6. The summed E-state index contributed by atoms with van der Waals surface area (Å²) < 4.78 is 1.72. The zero-order valence-corrected chi connectivity index (χ0v) is 12.2. The number of nitrogens with zero attached hydrogens (tertiary/aromatic N) is 2. The molecular formula is C16H20N2O3. The molecule has 5 nitrogen and oxygen atoms in total. The molecule has 1 aromatic carbocycles. The molecule has 5 heteroatoms. The first-order chi connectivity index (χ1) is 10.0. The average molecular weight is 288 g/mol. The fraction of sp³-hybridized carbons (Fsp3) is 0.312. The Hall–Kier alpha value is -2.11. The summed E-state index contributed by atoms with van der Waals surface area (Å²) in [6.07, 6.45) is 0.565. The van der Waals surface area contributed by atoms with Crippen molar-refractivity contribution < 1.29 is 10.2 Å². The van der Waals surface area contributed by atoms with Crippen LogP contribution in [0.4, 0.5) is 0 Å². The number of hydrogen-bond acceptors (Lipinski definition) is 4. The maximum Gasteiger partial charge on any atom is 0.223 e. The minimum absolute atomic E-state index is 0.232. The Morgan fingerprint density at radius 3 is 2.48 bits per heavy atom. The first-order valence-electron chi connectivity index (χ1n) is 6.80. The van der Waals surface area contributed by atoms with Gasteiger partial charge in [-0.1, -0.05) is 30.3 Å². The van der Waals surface area contributed by atoms with Gasteiger partial charge in [-0.2, -0.15) is 0 Å². The van der Waals surface area contributed by atoms with Gasteiger partial charge >= 0.3 is 0 Å². The van der Waals surface area contributed by atoms with E-state index in [1.165, 1.54) is 6.07 Å². The Morgan fingerprint density at radius 1 is 1.19 bits per heavy atom. The second kappa shape index (κ2) is 6.56. The van der Waals surface area contributed by atoms with Gasteiger partial charge in [-0.25, -0.2) is 0 Å². The van der Waals surface area contributed by atoms with Crippen molar-refractivity contribution >= 4 is 0 Å². The molecule has 0 aliphatic heterocycles. The van der Waals surface area contributed by atoms with Crippen LogP contribution in [0.1, 0.15) is 17.4 Å². The normalized spacial score (nSPS) is 12.6. The largest absolute Gasteiger partial charge is 0.503 e. The molecule has 0 aliphatic carbocycles. The predicted octanol–water partition coefficient (Wildman–Crippen LogP) is 1.20. The standard InChI is InChI=1S/C16H20N2O3/c1-17(2)10-11-18-9-8-13(19)16(21)14(18)15(20)12-6-4-3-5-7-12/h3-9,15,20-21H,10-11H2,1-2H3. The number of hydrogen-bond donors (Lipinski definition) is 2. The molecule has 2 N–H and O–H groups in total. The molecule has 0 amide bonds. The molecule has 0 radical (unpaired) electrons. The van der Waals surface area contributed by atoms with Crippen LogP contribution >= 0.6 is 0 Å². The van der Waals surface area contributed by atoms with Crippen molar-refractivity contribution in [2.75, 3.05) is 20.6 Å². The molecule has 0 saturated carbocycles. The lowest BCUT2D eigenvalue weighted by atomic mass is 10.0. The zero-order chi connectivity index (χ0) is 15.4. The monoisotopic (exact) mass is 288 g/mol. The van der Waals surface area contributed by atoms with Gasteiger partial charge in [0.25, 0.3) is 0 Å². The molecule has 0 saturated heterocycles. The number of pyridine rings is 1. The van der Waals surface area contributed by atoms with Gasteiger partial charge in [-0.3, -0.25) is 4.79 Å². The van der Waals surface area contributed by atoms with Crippen LogP contribution in [0.25, 0.3) is 0 Å². The summed E-state index contributed by atoms with van der Waals surface area (Å²) in [5.41, 5.74) is 0.383. The number of rotatable bonds is 5. The Morgan fingerprint density at radius 2 is 1.86 bits per heavy atom. The maximum absolute atomic E-state index is 11.7. The summed E-state index contributed by atoms with van der Waals surface area (Å²) in [7, 11) is 3.88. The Kier molecular flexibility index (Phi) is 4.77. The van der Waals surface area contributed by atoms with Gasteiger partial charge in [-0.05, 0) is 19.7 Å². The summed E-state index contributed by atoms with van der Waals surface area (Å²) in [6.45, 7) is 1.30. The minimum Gasteiger partial charge on any atom is -0.503 e. The van der Waals surface area contributed by atoms with E-state index >= 15 is 0 Å². The van der Waals surface area contributed by atoms with Crippen molar-refractivity contribution in [1.82, 2.24) is 9.47 Å². The topological polar surface area (TPSA) is 65.7 Å². The van der Waals surface area contributed by atoms with Gasteiger partial charge in [0.15, 0.2) is 5.75 Å². The van der Waals surface area contributed by atoms with Crippen molar-refractivity contribution in [2.24, 2.45) is 0 Å². The van der Waals surface area contributed by atoms with E-state index < -0.39 is 17.3 Å². The summed E-state index contributed by atoms with van der Waals surface area (Å²) in [4.78, 5) is 13.7. The zero-order valence-electron chi connectivity index (χ0n) is 12.2. The highest BCUT2D eigenvalue weighted by Crippen LogP contribution is 2.26. The van der Waals surface area contributed by atoms with E-state index in [9.17, 15) is 15.0 Å². The van der Waals surface area contributed by atoms with Crippen LogP contribution in [0.3, 0.4) is 0 Å². The number of aromatic nitrogens is 1. The highest BCUT2D eigenvalue weighted by Gasteiger charge is 2.20. The molecule has 1 aromatic heterocycles. The molecule has 0 fully saturated rings. The predicted molar refractivity (Wildman–Crippen MR) is 81.4 cm³/mol. The average Bonchev–Trinajstić information content (AvgIpc) is 2.48. The summed E-state index contributed by atoms with van der Waals surface area (Å²) in [6, 6.07) is 10.3. The van der Waals surface area contributed by atoms with E-state index in [2.05, 4.69) is 0 Å². The van der Waals surface area contributed by atoms with Crippen LogP contribution in [0.2, 0.25) is 0 Å². The van der Waals surface area contributed by atoms with Gasteiger partial charge in [-0.15, -0.1) is 0 Å². The van der Waals surface area contributed by atoms with Crippen LogP contribution < -0.4 is 5.43 Å². The molecule has 0 aliphatic rings. The third-order valence-corrected chi connectivity index (χ3v) is 3.35. The lowest BCUT2D eigenvalue weighted by Crippen LogP contribution is -2.23. The SMILES string of the molecule is CN(C)CCn1ccc(=O)c(O)c1C(O)c1ccccc1. The molecule has 1 unspecified atom stereocenters. The summed E-state index contributed by atoms with van der Waals surface area (Å²) in [5.74, 6) is -0.396. The van der Waals surface area contributed by atoms with E-state index in [-0.39, 0.29) is 5.69 Å². The van der Waals surface area contributed by atoms with Gasteiger partial charge in [0.1, 0.15) is 6.10 Å². The van der Waals surface area contributed by atoms with Gasteiger partial charge in [0, 0.05) is 25.4 Å². The second-order valence-electron chi connectivity index (χ2n) is 5.22. The fourth-order valence-electron chi connectivity index (χ4n) is 2.16. The second-order valence-corrected chi connectivity index (χ2v) is 5.22. The van der Waals surface area contributed by atoms with Gasteiger partial charge in [0.05, 0.1) is 5.69 Å². The van der Waals surface area contributed by atoms with Crippen molar-refractivity contribution in [1.29, 1.82) is 0 Å². The van der Waals surface area contributed by atoms with E-state index in [1.807, 2.05) is 25.1 Å². The molecule has 21 heavy (non-hydrogen) atoms. The minimum atomic E-state index is -1.04. The van der Waals surface area contributed by atoms with E-state index in [1.54, 1.807) is 35.0 Å². The quantitative estimate of drug-likeness (QED) is 0.867. The van der Waals surface area contributed by atoms with E-state index in [0.29, 0.717) is 12.1 Å². The van der Waals surface area contributed by atoms with Crippen LogP contribution in [0.5, 0.6) is 5.75 Å². The summed E-state index contributed by atoms with van der Waals surface area (Å²) >= 11 is 0. The molecule has 2 rings (SSSR count). The molecule has 1 heterocycles. The number of likely N-dealkylation sites (N-methyl/N-ethyl adjacent to an activating group) is 1. The third kappa shape index (κ3) is 3.51. The number of benzene rings is 1. The van der Waals surface area contributed by atoms with Crippen molar-refractivity contribution in [3.8, 4) is 5.75 Å².